The van der Waals surface area contributed by atoms with Crippen LogP contribution in [0.3, 0.4) is 0 Å². The van der Waals surface area contributed by atoms with Gasteiger partial charge in [0.1, 0.15) is 0 Å². The topological polar surface area (TPSA) is 49.3 Å². The monoisotopic (exact) mass is 283 g/mol. The molecular weight excluding hydrogens is 262 g/mol. The zero-order valence-electron chi connectivity index (χ0n) is 12.5. The minimum atomic E-state index is -0.886. The second-order valence-electron chi connectivity index (χ2n) is 5.18. The summed E-state index contributed by atoms with van der Waals surface area (Å²) in [5.41, 5.74) is 3.24. The van der Waals surface area contributed by atoms with Crippen molar-refractivity contribution in [3.63, 3.8) is 0 Å². The van der Waals surface area contributed by atoms with Crippen LogP contribution in [0.15, 0.2) is 48.5 Å². The van der Waals surface area contributed by atoms with Gasteiger partial charge in [0, 0.05) is 5.69 Å². The summed E-state index contributed by atoms with van der Waals surface area (Å²) in [6.45, 7) is 4.00. The zero-order chi connectivity index (χ0) is 15.2. The van der Waals surface area contributed by atoms with Crippen molar-refractivity contribution < 1.29 is 9.90 Å². The predicted octanol–water partition coefficient (Wildman–Crippen LogP) is 4.65. The highest BCUT2D eigenvalue weighted by Crippen LogP contribution is 2.27. The third-order valence-electron chi connectivity index (χ3n) is 3.67. The molecule has 2 aromatic rings. The number of aromatic carboxylic acids is 1. The van der Waals surface area contributed by atoms with Gasteiger partial charge in [-0.05, 0) is 36.6 Å². The van der Waals surface area contributed by atoms with E-state index in [-0.39, 0.29) is 6.04 Å². The molecule has 0 amide bonds. The van der Waals surface area contributed by atoms with Gasteiger partial charge in [-0.1, -0.05) is 49.7 Å². The largest absolute Gasteiger partial charge is 0.478 e. The first-order valence-electron chi connectivity index (χ1n) is 7.28. The Hall–Kier alpha value is -2.29. The lowest BCUT2D eigenvalue weighted by Crippen LogP contribution is -2.12. The molecule has 0 aliphatic carbocycles. The van der Waals surface area contributed by atoms with E-state index in [0.717, 1.165) is 24.1 Å². The summed E-state index contributed by atoms with van der Waals surface area (Å²) in [4.78, 5) is 11.2. The van der Waals surface area contributed by atoms with Crippen molar-refractivity contribution in [2.45, 2.75) is 32.7 Å². The number of hydrogen-bond acceptors (Lipinski definition) is 2. The van der Waals surface area contributed by atoms with Crippen LogP contribution in [-0.4, -0.2) is 11.1 Å². The molecule has 0 saturated carbocycles. The fraction of sp³-hybridized carbons (Fsp3) is 0.278. The van der Waals surface area contributed by atoms with E-state index in [2.05, 4.69) is 24.4 Å². The maximum absolute atomic E-state index is 11.2. The highest BCUT2D eigenvalue weighted by Gasteiger charge is 2.14. The Morgan fingerprint density at radius 2 is 1.86 bits per heavy atom. The summed E-state index contributed by atoms with van der Waals surface area (Å²) in [7, 11) is 0. The van der Waals surface area contributed by atoms with Crippen LogP contribution in [0.1, 0.15) is 47.3 Å². The molecule has 0 bridgehead atoms. The van der Waals surface area contributed by atoms with E-state index in [1.165, 1.54) is 5.56 Å². The molecule has 1 unspecified atom stereocenters. The molecule has 3 nitrogen and oxygen atoms in total. The van der Waals surface area contributed by atoms with Gasteiger partial charge in [0.15, 0.2) is 0 Å². The van der Waals surface area contributed by atoms with Crippen LogP contribution in [0.4, 0.5) is 5.69 Å². The second-order valence-corrected chi connectivity index (χ2v) is 5.18. The normalized spacial score (nSPS) is 11.9. The van der Waals surface area contributed by atoms with Crippen LogP contribution < -0.4 is 5.32 Å². The Balaban J connectivity index is 2.30. The number of nitrogens with one attached hydrogen (secondary N) is 1. The smallest absolute Gasteiger partial charge is 0.336 e. The highest BCUT2D eigenvalue weighted by molar-refractivity contribution is 5.91. The molecule has 0 aliphatic rings. The summed E-state index contributed by atoms with van der Waals surface area (Å²) in [5, 5.41) is 12.7. The Labute approximate surface area is 125 Å². The zero-order valence-corrected chi connectivity index (χ0v) is 12.5. The molecule has 0 aromatic heterocycles. The molecule has 21 heavy (non-hydrogen) atoms. The van der Waals surface area contributed by atoms with Crippen LogP contribution in [0.2, 0.25) is 0 Å². The molecular formula is C18H21NO2. The lowest BCUT2D eigenvalue weighted by atomic mass is 10.0. The molecule has 0 radical (unpaired) electrons. The fourth-order valence-corrected chi connectivity index (χ4v) is 2.51. The van der Waals surface area contributed by atoms with E-state index in [1.807, 2.05) is 31.2 Å². The molecule has 0 spiro atoms. The Bertz CT molecular complexity index is 608. The standard InChI is InChI=1S/C18H21NO2/c1-3-8-17(14-9-5-4-6-10-14)19-16-12-7-11-15(13(16)2)18(20)21/h4-7,9-12,17,19H,3,8H2,1-2H3,(H,20,21). The number of hydrogen-bond donors (Lipinski definition) is 2. The van der Waals surface area contributed by atoms with Crippen LogP contribution in [0, 0.1) is 6.92 Å². The molecule has 0 aliphatic heterocycles. The molecule has 2 rings (SSSR count). The maximum Gasteiger partial charge on any atom is 0.336 e. The Kier molecular flexibility index (Phi) is 4.99. The van der Waals surface area contributed by atoms with E-state index in [1.54, 1.807) is 12.1 Å². The van der Waals surface area contributed by atoms with Gasteiger partial charge in [0.05, 0.1) is 11.6 Å². The van der Waals surface area contributed by atoms with E-state index in [4.69, 9.17) is 0 Å². The van der Waals surface area contributed by atoms with Crippen molar-refractivity contribution in [1.29, 1.82) is 0 Å². The number of carboxylic acid groups (broad SMARTS) is 1. The average Bonchev–Trinajstić information content (AvgIpc) is 2.49. The van der Waals surface area contributed by atoms with E-state index in [9.17, 15) is 9.90 Å². The first-order valence-corrected chi connectivity index (χ1v) is 7.28. The maximum atomic E-state index is 11.2. The summed E-state index contributed by atoms with van der Waals surface area (Å²) < 4.78 is 0. The van der Waals surface area contributed by atoms with Gasteiger partial charge in [-0.15, -0.1) is 0 Å². The molecule has 2 aromatic carbocycles. The highest BCUT2D eigenvalue weighted by atomic mass is 16.4. The predicted molar refractivity (Wildman–Crippen MR) is 85.9 cm³/mol. The molecule has 1 atom stereocenters. The number of anilines is 1. The van der Waals surface area contributed by atoms with E-state index in [0.29, 0.717) is 5.56 Å². The third kappa shape index (κ3) is 3.63. The van der Waals surface area contributed by atoms with Gasteiger partial charge in [0.2, 0.25) is 0 Å². The van der Waals surface area contributed by atoms with Crippen LogP contribution in [0.25, 0.3) is 0 Å². The minimum absolute atomic E-state index is 0.193. The summed E-state index contributed by atoms with van der Waals surface area (Å²) in [6.07, 6.45) is 2.06. The average molecular weight is 283 g/mol. The van der Waals surface area contributed by atoms with E-state index < -0.39 is 5.97 Å². The summed E-state index contributed by atoms with van der Waals surface area (Å²) in [6, 6.07) is 15.8. The summed E-state index contributed by atoms with van der Waals surface area (Å²) in [5.74, 6) is -0.886. The number of benzene rings is 2. The van der Waals surface area contributed by atoms with Crippen LogP contribution in [-0.2, 0) is 0 Å². The number of carbonyl (C=O) groups is 1. The van der Waals surface area contributed by atoms with Crippen molar-refractivity contribution in [2.24, 2.45) is 0 Å². The van der Waals surface area contributed by atoms with Crippen molar-refractivity contribution in [2.75, 3.05) is 5.32 Å². The van der Waals surface area contributed by atoms with Gasteiger partial charge in [0.25, 0.3) is 0 Å². The molecule has 3 heteroatoms. The van der Waals surface area contributed by atoms with Crippen LogP contribution >= 0.6 is 0 Å². The molecule has 110 valence electrons. The van der Waals surface area contributed by atoms with Gasteiger partial charge in [-0.2, -0.15) is 0 Å². The Morgan fingerprint density at radius 3 is 2.48 bits per heavy atom. The fourth-order valence-electron chi connectivity index (χ4n) is 2.51. The van der Waals surface area contributed by atoms with Crippen LogP contribution in [0.5, 0.6) is 0 Å². The molecule has 0 saturated heterocycles. The van der Waals surface area contributed by atoms with Gasteiger partial charge in [-0.25, -0.2) is 4.79 Å². The first kappa shape index (κ1) is 15.1. The minimum Gasteiger partial charge on any atom is -0.478 e. The van der Waals surface area contributed by atoms with Crippen molar-refractivity contribution >= 4 is 11.7 Å². The van der Waals surface area contributed by atoms with Gasteiger partial charge < -0.3 is 10.4 Å². The molecule has 2 N–H and O–H groups in total. The lowest BCUT2D eigenvalue weighted by molar-refractivity contribution is 0.0696. The van der Waals surface area contributed by atoms with Gasteiger partial charge >= 0.3 is 5.97 Å². The number of carboxylic acids is 1. The molecule has 0 fully saturated rings. The first-order chi connectivity index (χ1) is 10.1. The number of rotatable bonds is 6. The van der Waals surface area contributed by atoms with Crippen molar-refractivity contribution in [3.8, 4) is 0 Å². The summed E-state index contributed by atoms with van der Waals surface area (Å²) >= 11 is 0. The third-order valence-corrected chi connectivity index (χ3v) is 3.67. The molecule has 0 heterocycles. The quantitative estimate of drug-likeness (QED) is 0.811. The van der Waals surface area contributed by atoms with Crippen molar-refractivity contribution in [3.05, 3.63) is 65.2 Å². The second kappa shape index (κ2) is 6.93. The lowest BCUT2D eigenvalue weighted by Gasteiger charge is -2.21. The van der Waals surface area contributed by atoms with Gasteiger partial charge in [-0.3, -0.25) is 0 Å². The van der Waals surface area contributed by atoms with E-state index >= 15 is 0 Å². The van der Waals surface area contributed by atoms with Crippen molar-refractivity contribution in [1.82, 2.24) is 0 Å². The SMILES string of the molecule is CCCC(Nc1cccc(C(=O)O)c1C)c1ccccc1. The Morgan fingerprint density at radius 1 is 1.14 bits per heavy atom.